The van der Waals surface area contributed by atoms with Gasteiger partial charge < -0.3 is 4.57 Å². The Hall–Kier alpha value is -6.25. The van der Waals surface area contributed by atoms with E-state index in [2.05, 4.69) is 201 Å². The summed E-state index contributed by atoms with van der Waals surface area (Å²) in [7, 11) is 0. The molecule has 0 spiro atoms. The number of aliphatic imine (C=N–C) groups is 1. The second kappa shape index (κ2) is 16.0. The van der Waals surface area contributed by atoms with Gasteiger partial charge >= 0.3 is 0 Å². The summed E-state index contributed by atoms with van der Waals surface area (Å²) in [6.45, 7) is 10.8. The fourth-order valence-electron chi connectivity index (χ4n) is 8.34. The van der Waals surface area contributed by atoms with Crippen LogP contribution in [-0.2, 0) is 19.4 Å². The van der Waals surface area contributed by atoms with Crippen LogP contribution in [0.5, 0.6) is 0 Å². The first-order valence-electron chi connectivity index (χ1n) is 19.6. The zero-order valence-electron chi connectivity index (χ0n) is 32.2. The molecule has 8 rings (SSSR count). The van der Waals surface area contributed by atoms with Gasteiger partial charge in [0.2, 0.25) is 0 Å². The molecule has 0 saturated heterocycles. The third kappa shape index (κ3) is 7.21. The van der Waals surface area contributed by atoms with Crippen molar-refractivity contribution >= 4 is 39.7 Å². The molecular formula is C53H48N2. The molecule has 1 aliphatic carbocycles. The first-order valence-corrected chi connectivity index (χ1v) is 19.6. The van der Waals surface area contributed by atoms with E-state index >= 15 is 0 Å². The summed E-state index contributed by atoms with van der Waals surface area (Å²) in [5.41, 5.74) is 19.2. The number of aromatic nitrogens is 1. The van der Waals surface area contributed by atoms with Crippen LogP contribution in [0.3, 0.4) is 0 Å². The van der Waals surface area contributed by atoms with E-state index in [1.54, 1.807) is 0 Å². The molecule has 2 nitrogen and oxygen atoms in total. The minimum Gasteiger partial charge on any atom is -0.309 e. The number of nitrogens with zero attached hydrogens (tertiary/aromatic N) is 2. The summed E-state index contributed by atoms with van der Waals surface area (Å²) < 4.78 is 2.40. The van der Waals surface area contributed by atoms with Gasteiger partial charge in [-0.15, -0.1) is 0 Å². The van der Waals surface area contributed by atoms with Crippen molar-refractivity contribution in [1.29, 1.82) is 0 Å². The number of hydrogen-bond donors (Lipinski definition) is 0. The van der Waals surface area contributed by atoms with E-state index in [4.69, 9.17) is 0 Å². The molecule has 1 heterocycles. The number of benzene rings is 6. The van der Waals surface area contributed by atoms with Gasteiger partial charge in [-0.1, -0.05) is 127 Å². The van der Waals surface area contributed by atoms with Crippen LogP contribution in [0, 0.1) is 0 Å². The lowest BCUT2D eigenvalue weighted by molar-refractivity contribution is 0.943. The molecule has 0 radical (unpaired) electrons. The largest absolute Gasteiger partial charge is 0.309 e. The molecule has 55 heavy (non-hydrogen) atoms. The van der Waals surface area contributed by atoms with E-state index in [1.165, 1.54) is 88.6 Å². The summed E-state index contributed by atoms with van der Waals surface area (Å²) in [4.78, 5) is 4.10. The number of para-hydroxylation sites is 1. The van der Waals surface area contributed by atoms with Crippen LogP contribution in [0.2, 0.25) is 0 Å². The highest BCUT2D eigenvalue weighted by Crippen LogP contribution is 2.37. The fraction of sp³-hybridized carbons (Fsp3) is 0.151. The van der Waals surface area contributed by atoms with E-state index < -0.39 is 0 Å². The highest BCUT2D eigenvalue weighted by atomic mass is 15.0. The van der Waals surface area contributed by atoms with E-state index in [0.717, 1.165) is 31.4 Å². The summed E-state index contributed by atoms with van der Waals surface area (Å²) >= 11 is 0. The normalized spacial score (nSPS) is 13.4. The molecule has 0 atom stereocenters. The summed E-state index contributed by atoms with van der Waals surface area (Å²) in [6.07, 6.45) is 15.4. The Kier molecular flexibility index (Phi) is 10.4. The SMILES string of the molecule is C=NCc1cccc(-c2ccc3c(c2)c2ccccc2n3-c2ccc(-c3ccc(CCc4ccccc4C(/C=C\C)=C/C)c(C4=C(C)CCC=C4)c3)cc2)c1. The average molecular weight is 713 g/mol. The predicted molar refractivity (Wildman–Crippen MR) is 238 cm³/mol. The molecule has 0 amide bonds. The van der Waals surface area contributed by atoms with Gasteiger partial charge in [-0.3, -0.25) is 4.99 Å². The third-order valence-electron chi connectivity index (χ3n) is 11.2. The van der Waals surface area contributed by atoms with E-state index in [-0.39, 0.29) is 0 Å². The minimum atomic E-state index is 0.621. The molecule has 1 aromatic heterocycles. The standard InChI is InChI=1S/C53H48N2/c1-5-14-39(6-2)48-20-10-8-17-41(48)23-24-42-25-26-44(34-50(42)47-19-9-7-15-37(47)3)40-27-30-46(31-28-40)55-52-22-12-11-21-49(52)51-35-45(29-32-53(51)55)43-18-13-16-38(33-43)36-54-4/h5-6,8-14,16-22,25-35H,4,7,15,23-24,36H2,1-3H3/b14-5-,39-6+. The molecule has 1 aliphatic rings. The van der Waals surface area contributed by atoms with Crippen LogP contribution >= 0.6 is 0 Å². The van der Waals surface area contributed by atoms with Gasteiger partial charge in [0, 0.05) is 16.5 Å². The van der Waals surface area contributed by atoms with Gasteiger partial charge in [-0.05, 0) is 157 Å². The third-order valence-corrected chi connectivity index (χ3v) is 11.2. The number of hydrogen-bond acceptors (Lipinski definition) is 1. The molecule has 0 aliphatic heterocycles. The van der Waals surface area contributed by atoms with Crippen molar-refractivity contribution in [2.75, 3.05) is 0 Å². The smallest absolute Gasteiger partial charge is 0.0632 e. The van der Waals surface area contributed by atoms with Crippen LogP contribution in [0.4, 0.5) is 0 Å². The average Bonchev–Trinajstić information content (AvgIpc) is 3.56. The molecule has 0 bridgehead atoms. The number of fused-ring (bicyclic) bond motifs is 3. The zero-order valence-corrected chi connectivity index (χ0v) is 32.2. The fourth-order valence-corrected chi connectivity index (χ4v) is 8.34. The Bertz CT molecular complexity index is 2660. The first kappa shape index (κ1) is 35.8. The van der Waals surface area contributed by atoms with Gasteiger partial charge in [0.05, 0.1) is 17.6 Å². The molecule has 0 unspecified atom stereocenters. The predicted octanol–water partition coefficient (Wildman–Crippen LogP) is 14.2. The zero-order chi connectivity index (χ0) is 37.7. The Labute approximate surface area is 326 Å². The lowest BCUT2D eigenvalue weighted by Gasteiger charge is -2.19. The maximum atomic E-state index is 4.10. The van der Waals surface area contributed by atoms with Crippen LogP contribution in [0.25, 0.3) is 60.9 Å². The molecule has 0 N–H and O–H groups in total. The molecule has 270 valence electrons. The van der Waals surface area contributed by atoms with Crippen molar-refractivity contribution in [2.24, 2.45) is 4.99 Å². The first-order chi connectivity index (χ1) is 27.1. The highest BCUT2D eigenvalue weighted by molar-refractivity contribution is 6.10. The molecule has 7 aromatic rings. The Morgan fingerprint density at radius 3 is 2.24 bits per heavy atom. The van der Waals surface area contributed by atoms with Crippen molar-refractivity contribution in [3.8, 4) is 27.9 Å². The minimum absolute atomic E-state index is 0.621. The van der Waals surface area contributed by atoms with Crippen molar-refractivity contribution < 1.29 is 0 Å². The van der Waals surface area contributed by atoms with Gasteiger partial charge in [-0.2, -0.15) is 0 Å². The van der Waals surface area contributed by atoms with Crippen LogP contribution in [0.1, 0.15) is 61.4 Å². The topological polar surface area (TPSA) is 17.3 Å². The second-order valence-corrected chi connectivity index (χ2v) is 14.6. The monoisotopic (exact) mass is 712 g/mol. The maximum absolute atomic E-state index is 4.10. The van der Waals surface area contributed by atoms with Gasteiger partial charge in [0.1, 0.15) is 0 Å². The molecule has 2 heteroatoms. The van der Waals surface area contributed by atoms with Crippen LogP contribution in [0.15, 0.2) is 174 Å². The summed E-state index contributed by atoms with van der Waals surface area (Å²) in [5.74, 6) is 0. The molecule has 6 aromatic carbocycles. The lowest BCUT2D eigenvalue weighted by atomic mass is 9.86. The van der Waals surface area contributed by atoms with Crippen molar-refractivity contribution in [3.05, 3.63) is 197 Å². The number of rotatable bonds is 11. The summed E-state index contributed by atoms with van der Waals surface area (Å²) in [5, 5.41) is 2.50. The van der Waals surface area contributed by atoms with Gasteiger partial charge in [0.15, 0.2) is 0 Å². The summed E-state index contributed by atoms with van der Waals surface area (Å²) in [6, 6.07) is 49.4. The second-order valence-electron chi connectivity index (χ2n) is 14.6. The number of aryl methyl sites for hydroxylation is 2. The molecular weight excluding hydrogens is 665 g/mol. The van der Waals surface area contributed by atoms with Gasteiger partial charge in [0.25, 0.3) is 0 Å². The van der Waals surface area contributed by atoms with Crippen molar-refractivity contribution in [1.82, 2.24) is 4.57 Å². The Morgan fingerprint density at radius 2 is 1.42 bits per heavy atom. The lowest BCUT2D eigenvalue weighted by Crippen LogP contribution is -2.02. The van der Waals surface area contributed by atoms with E-state index in [0.29, 0.717) is 6.54 Å². The Balaban J connectivity index is 1.14. The van der Waals surface area contributed by atoms with Crippen LogP contribution in [-0.4, -0.2) is 11.3 Å². The highest BCUT2D eigenvalue weighted by Gasteiger charge is 2.16. The van der Waals surface area contributed by atoms with E-state index in [9.17, 15) is 0 Å². The Morgan fingerprint density at radius 1 is 0.691 bits per heavy atom. The quantitative estimate of drug-likeness (QED) is 0.0938. The van der Waals surface area contributed by atoms with Crippen molar-refractivity contribution in [3.63, 3.8) is 0 Å². The van der Waals surface area contributed by atoms with E-state index in [1.807, 2.05) is 0 Å². The number of allylic oxidation sites excluding steroid dienone is 8. The molecule has 0 fully saturated rings. The molecule has 0 saturated carbocycles. The van der Waals surface area contributed by atoms with Crippen molar-refractivity contribution in [2.45, 2.75) is 53.0 Å². The van der Waals surface area contributed by atoms with Gasteiger partial charge in [-0.25, -0.2) is 0 Å². The maximum Gasteiger partial charge on any atom is 0.0632 e. The van der Waals surface area contributed by atoms with Crippen LogP contribution < -0.4 is 0 Å².